The molecule has 1 aliphatic rings. The molecule has 0 saturated carbocycles. The van der Waals surface area contributed by atoms with Gasteiger partial charge in [0.1, 0.15) is 24.2 Å². The zero-order valence-electron chi connectivity index (χ0n) is 23.5. The van der Waals surface area contributed by atoms with Gasteiger partial charge >= 0.3 is 5.97 Å². The number of carbonyl (C=O) groups excluding carboxylic acids is 6. The van der Waals surface area contributed by atoms with Gasteiger partial charge in [-0.05, 0) is 12.8 Å². The molecule has 12 N–H and O–H groups in total. The van der Waals surface area contributed by atoms with E-state index in [1.165, 1.54) is 29.9 Å². The number of primary amides is 2. The van der Waals surface area contributed by atoms with Gasteiger partial charge in [0.25, 0.3) is 0 Å². The van der Waals surface area contributed by atoms with E-state index in [0.29, 0.717) is 17.8 Å². The Kier molecular flexibility index (Phi) is 11.5. The molecule has 44 heavy (non-hydrogen) atoms. The number of nitrogens with one attached hydrogen (secondary N) is 5. The number of carboxylic acids is 1. The van der Waals surface area contributed by atoms with Gasteiger partial charge in [-0.3, -0.25) is 28.8 Å². The Morgan fingerprint density at radius 1 is 0.864 bits per heavy atom. The van der Waals surface area contributed by atoms with Gasteiger partial charge in [0, 0.05) is 43.2 Å². The molecular weight excluding hydrogens is 582 g/mol. The maximum Gasteiger partial charge on any atom is 0.326 e. The second kappa shape index (κ2) is 15.2. The third kappa shape index (κ3) is 9.34. The lowest BCUT2D eigenvalue weighted by Crippen LogP contribution is -2.59. The molecule has 6 amide bonds. The molecular formula is C25H35N11O8. The summed E-state index contributed by atoms with van der Waals surface area (Å²) in [6.07, 6.45) is 4.93. The van der Waals surface area contributed by atoms with Crippen LogP contribution in [-0.4, -0.2) is 108 Å². The van der Waals surface area contributed by atoms with Crippen molar-refractivity contribution in [2.24, 2.45) is 17.2 Å². The summed E-state index contributed by atoms with van der Waals surface area (Å²) < 4.78 is 0. The van der Waals surface area contributed by atoms with Crippen molar-refractivity contribution in [3.05, 3.63) is 36.4 Å². The number of imidazole rings is 2. The average molecular weight is 618 g/mol. The van der Waals surface area contributed by atoms with E-state index in [-0.39, 0.29) is 25.8 Å². The zero-order valence-corrected chi connectivity index (χ0v) is 23.5. The Balaban J connectivity index is 1.79. The van der Waals surface area contributed by atoms with E-state index in [4.69, 9.17) is 17.2 Å². The number of nitrogens with two attached hydrogens (primary N) is 3. The predicted octanol–water partition coefficient (Wildman–Crippen LogP) is -4.47. The van der Waals surface area contributed by atoms with Crippen molar-refractivity contribution in [1.82, 2.24) is 40.8 Å². The Morgan fingerprint density at radius 2 is 1.43 bits per heavy atom. The number of carboxylic acid groups (broad SMARTS) is 1. The highest BCUT2D eigenvalue weighted by Gasteiger charge is 2.40. The van der Waals surface area contributed by atoms with Crippen molar-refractivity contribution >= 4 is 41.4 Å². The number of nitrogens with zero attached hydrogens (tertiary/aromatic N) is 3. The molecule has 0 radical (unpaired) electrons. The van der Waals surface area contributed by atoms with Gasteiger partial charge in [0.15, 0.2) is 0 Å². The van der Waals surface area contributed by atoms with Crippen LogP contribution in [-0.2, 0) is 46.4 Å². The zero-order chi connectivity index (χ0) is 32.4. The Bertz CT molecular complexity index is 1350. The maximum absolute atomic E-state index is 13.7. The van der Waals surface area contributed by atoms with Crippen LogP contribution in [0.2, 0.25) is 0 Å². The molecule has 0 aromatic carbocycles. The molecule has 0 bridgehead atoms. The van der Waals surface area contributed by atoms with Crippen LogP contribution in [0.3, 0.4) is 0 Å². The summed E-state index contributed by atoms with van der Waals surface area (Å²) in [4.78, 5) is 102. The number of rotatable bonds is 16. The van der Waals surface area contributed by atoms with Crippen LogP contribution in [0.15, 0.2) is 25.0 Å². The van der Waals surface area contributed by atoms with Crippen molar-refractivity contribution < 1.29 is 38.7 Å². The van der Waals surface area contributed by atoms with E-state index >= 15 is 0 Å². The van der Waals surface area contributed by atoms with E-state index in [1.54, 1.807) is 0 Å². The highest BCUT2D eigenvalue weighted by atomic mass is 16.4. The number of aliphatic carboxylic acids is 1. The summed E-state index contributed by atoms with van der Waals surface area (Å²) in [6, 6.07) is -6.54. The molecule has 5 atom stereocenters. The van der Waals surface area contributed by atoms with Crippen molar-refractivity contribution in [1.29, 1.82) is 0 Å². The number of hydrogen-bond acceptors (Lipinski definition) is 10. The minimum Gasteiger partial charge on any atom is -0.480 e. The van der Waals surface area contributed by atoms with Gasteiger partial charge < -0.3 is 53.1 Å². The first-order valence-corrected chi connectivity index (χ1v) is 13.6. The molecule has 2 aromatic rings. The summed E-state index contributed by atoms with van der Waals surface area (Å²) >= 11 is 0. The van der Waals surface area contributed by atoms with Crippen LogP contribution >= 0.6 is 0 Å². The summed E-state index contributed by atoms with van der Waals surface area (Å²) in [6.45, 7) is 0.150. The highest BCUT2D eigenvalue weighted by Crippen LogP contribution is 2.20. The fraction of sp³-hybridized carbons (Fsp3) is 0.480. The van der Waals surface area contributed by atoms with Gasteiger partial charge in [0.05, 0.1) is 31.5 Å². The van der Waals surface area contributed by atoms with Crippen LogP contribution in [0.5, 0.6) is 0 Å². The Hall–Kier alpha value is -5.33. The van der Waals surface area contributed by atoms with E-state index in [2.05, 4.69) is 35.9 Å². The Labute approximate surface area is 250 Å². The second-order valence-corrected chi connectivity index (χ2v) is 10.2. The van der Waals surface area contributed by atoms with Crippen molar-refractivity contribution in [2.45, 2.75) is 68.7 Å². The van der Waals surface area contributed by atoms with Gasteiger partial charge in [-0.15, -0.1) is 0 Å². The normalized spacial score (nSPS) is 17.1. The number of H-pyrrole nitrogens is 2. The smallest absolute Gasteiger partial charge is 0.326 e. The second-order valence-electron chi connectivity index (χ2n) is 10.2. The fourth-order valence-electron chi connectivity index (χ4n) is 4.67. The largest absolute Gasteiger partial charge is 0.480 e. The standard InChI is InChI=1S/C25H35N11O8/c26-14(6-19(27)37)21(39)34-16(5-13-9-30-11-32-13)24(42)36-3-1-2-18(36)23(41)33-15(4-12-8-29-10-31-12)22(40)35-17(25(43)44)7-20(28)38/h8-11,14-18H,1-7,26H2,(H2,27,37)(H2,28,38)(H,29,31)(H,30,32)(H,33,41)(H,34,39)(H,35,40)(H,43,44)/t14-,15-,16-,17-,18-/m0/s1. The molecule has 0 unspecified atom stereocenters. The van der Waals surface area contributed by atoms with Crippen molar-refractivity contribution in [2.75, 3.05) is 6.54 Å². The van der Waals surface area contributed by atoms with Gasteiger partial charge in [-0.2, -0.15) is 0 Å². The summed E-state index contributed by atoms with van der Waals surface area (Å²) in [7, 11) is 0. The molecule has 19 nitrogen and oxygen atoms in total. The molecule has 3 rings (SSSR count). The lowest BCUT2D eigenvalue weighted by molar-refractivity contribution is -0.144. The van der Waals surface area contributed by atoms with Gasteiger partial charge in [-0.25, -0.2) is 14.8 Å². The minimum atomic E-state index is -1.64. The number of carbonyl (C=O) groups is 7. The quantitative estimate of drug-likeness (QED) is 0.0864. The van der Waals surface area contributed by atoms with E-state index in [9.17, 15) is 38.7 Å². The SMILES string of the molecule is NC(=O)C[C@H](NC(=O)[C@H](Cc1cnc[nH]1)NC(=O)[C@@H]1CCCN1C(=O)[C@H](Cc1cnc[nH]1)NC(=O)[C@@H](N)CC(N)=O)C(=O)O. The molecule has 2 aromatic heterocycles. The van der Waals surface area contributed by atoms with Gasteiger partial charge in [0.2, 0.25) is 35.4 Å². The first kappa shape index (κ1) is 33.2. The Morgan fingerprint density at radius 3 is 1.95 bits per heavy atom. The van der Waals surface area contributed by atoms with E-state index < -0.39 is 84.5 Å². The monoisotopic (exact) mass is 617 g/mol. The molecule has 0 aliphatic carbocycles. The topological polar surface area (TPSA) is 314 Å². The molecule has 1 saturated heterocycles. The third-order valence-electron chi connectivity index (χ3n) is 6.82. The number of hydrogen-bond donors (Lipinski definition) is 9. The maximum atomic E-state index is 13.7. The number of likely N-dealkylation sites (tertiary alicyclic amines) is 1. The minimum absolute atomic E-state index is 0.0417. The van der Waals surface area contributed by atoms with Crippen LogP contribution in [0.1, 0.15) is 37.1 Å². The van der Waals surface area contributed by atoms with Crippen molar-refractivity contribution in [3.8, 4) is 0 Å². The molecule has 238 valence electrons. The molecule has 19 heteroatoms. The fourth-order valence-corrected chi connectivity index (χ4v) is 4.67. The molecule has 1 aliphatic heterocycles. The first-order valence-electron chi connectivity index (χ1n) is 13.6. The highest BCUT2D eigenvalue weighted by molar-refractivity contribution is 5.97. The van der Waals surface area contributed by atoms with Crippen LogP contribution < -0.4 is 33.2 Å². The van der Waals surface area contributed by atoms with Crippen molar-refractivity contribution in [3.63, 3.8) is 0 Å². The van der Waals surface area contributed by atoms with Gasteiger partial charge in [-0.1, -0.05) is 0 Å². The van der Waals surface area contributed by atoms with E-state index in [1.807, 2.05) is 0 Å². The lowest BCUT2D eigenvalue weighted by atomic mass is 10.1. The number of amides is 6. The average Bonchev–Trinajstić information content (AvgIpc) is 3.74. The first-order chi connectivity index (χ1) is 20.8. The number of aromatic nitrogens is 4. The van der Waals surface area contributed by atoms with Crippen LogP contribution in [0.25, 0.3) is 0 Å². The van der Waals surface area contributed by atoms with E-state index in [0.717, 1.165) is 0 Å². The predicted molar refractivity (Wildman–Crippen MR) is 148 cm³/mol. The molecule has 1 fully saturated rings. The summed E-state index contributed by atoms with van der Waals surface area (Å²) in [5.74, 6) is -6.32. The number of aromatic amines is 2. The molecule has 3 heterocycles. The summed E-state index contributed by atoms with van der Waals surface area (Å²) in [5.41, 5.74) is 16.9. The molecule has 0 spiro atoms. The third-order valence-corrected chi connectivity index (χ3v) is 6.82. The lowest BCUT2D eigenvalue weighted by Gasteiger charge is -2.30. The van der Waals surface area contributed by atoms with Crippen LogP contribution in [0, 0.1) is 0 Å². The summed E-state index contributed by atoms with van der Waals surface area (Å²) in [5, 5.41) is 16.7. The van der Waals surface area contributed by atoms with Crippen LogP contribution in [0.4, 0.5) is 0 Å².